The minimum absolute atomic E-state index is 0.0378. The number of hydrogen-bond donors (Lipinski definition) is 1. The van der Waals surface area contributed by atoms with Gasteiger partial charge in [0.25, 0.3) is 5.91 Å². The molecule has 170 valence electrons. The van der Waals surface area contributed by atoms with Crippen LogP contribution in [0.5, 0.6) is 5.88 Å². The van der Waals surface area contributed by atoms with Gasteiger partial charge in [0.05, 0.1) is 24.2 Å². The van der Waals surface area contributed by atoms with Gasteiger partial charge in [0.2, 0.25) is 11.8 Å². The number of nitrogens with zero attached hydrogens (tertiary/aromatic N) is 4. The maximum absolute atomic E-state index is 12.7. The Balaban J connectivity index is 1.48. The third-order valence-corrected chi connectivity index (χ3v) is 6.39. The topological polar surface area (TPSA) is 98.6 Å². The average molecular weight is 438 g/mol. The first-order valence-electron chi connectivity index (χ1n) is 11.0. The predicted octanol–water partition coefficient (Wildman–Crippen LogP) is 1.97. The molecule has 2 fully saturated rings. The van der Waals surface area contributed by atoms with Gasteiger partial charge in [0.15, 0.2) is 0 Å². The Bertz CT molecular complexity index is 885. The van der Waals surface area contributed by atoms with Crippen molar-refractivity contribution in [1.82, 2.24) is 20.1 Å². The van der Waals surface area contributed by atoms with Crippen LogP contribution in [0.15, 0.2) is 18.3 Å². The molecule has 1 saturated carbocycles. The first kappa shape index (κ1) is 23.6. The van der Waals surface area contributed by atoms with Crippen molar-refractivity contribution in [2.24, 2.45) is 0 Å². The van der Waals surface area contributed by atoms with E-state index in [9.17, 15) is 14.9 Å². The molecule has 0 bridgehead atoms. The summed E-state index contributed by atoms with van der Waals surface area (Å²) in [5, 5.41) is 12.7. The van der Waals surface area contributed by atoms with Gasteiger partial charge in [-0.3, -0.25) is 9.59 Å². The number of aromatic nitrogens is 1. The summed E-state index contributed by atoms with van der Waals surface area (Å²) < 4.78 is 6.01. The molecule has 1 aromatic rings. The number of amides is 2. The van der Waals surface area contributed by atoms with Crippen molar-refractivity contribution in [2.45, 2.75) is 69.2 Å². The zero-order valence-electron chi connectivity index (χ0n) is 19.0. The van der Waals surface area contributed by atoms with Crippen LogP contribution in [-0.4, -0.2) is 71.0 Å². The van der Waals surface area contributed by atoms with Crippen molar-refractivity contribution in [3.63, 3.8) is 0 Å². The standard InChI is InChI=1S/C24H31N5O3/c1-5-18-7-8-19(14-25)29(18)22(30)16-27-24(2)12-10-20(11-13-24)32-21-9-6-17(15-26-21)23(31)28(3)4/h1,6,9,15,18-20,27H,7-8,10-13,16H2,2-4H3/t18-,19-,20?,24?/m0/s1. The first-order chi connectivity index (χ1) is 15.3. The Labute approximate surface area is 189 Å². The van der Waals surface area contributed by atoms with Crippen molar-refractivity contribution in [3.8, 4) is 24.3 Å². The number of hydrogen-bond acceptors (Lipinski definition) is 6. The molecule has 0 aromatic carbocycles. The molecule has 2 amide bonds. The van der Waals surface area contributed by atoms with Gasteiger partial charge in [-0.1, -0.05) is 5.92 Å². The van der Waals surface area contributed by atoms with Gasteiger partial charge in [-0.05, 0) is 51.5 Å². The molecule has 2 heterocycles. The van der Waals surface area contributed by atoms with E-state index in [1.54, 1.807) is 31.1 Å². The number of nitrogens with one attached hydrogen (secondary N) is 1. The van der Waals surface area contributed by atoms with Crippen LogP contribution in [0.3, 0.4) is 0 Å². The molecule has 8 heteroatoms. The summed E-state index contributed by atoms with van der Waals surface area (Å²) >= 11 is 0. The summed E-state index contributed by atoms with van der Waals surface area (Å²) in [5.74, 6) is 2.93. The molecule has 1 N–H and O–H groups in total. The number of ether oxygens (including phenoxy) is 1. The van der Waals surface area contributed by atoms with Crippen LogP contribution in [0.2, 0.25) is 0 Å². The highest BCUT2D eigenvalue weighted by molar-refractivity contribution is 5.93. The van der Waals surface area contributed by atoms with Crippen LogP contribution in [0.4, 0.5) is 0 Å². The SMILES string of the molecule is C#C[C@H]1CC[C@@H](C#N)N1C(=O)CNC1(C)CCC(Oc2ccc(C(=O)N(C)C)cn2)CC1. The second-order valence-corrected chi connectivity index (χ2v) is 9.02. The third-order valence-electron chi connectivity index (χ3n) is 6.39. The van der Waals surface area contributed by atoms with Gasteiger partial charge >= 0.3 is 0 Å². The first-order valence-corrected chi connectivity index (χ1v) is 11.0. The number of nitriles is 1. The molecule has 0 unspecified atom stereocenters. The fourth-order valence-corrected chi connectivity index (χ4v) is 4.36. The number of terminal acetylenes is 1. The maximum atomic E-state index is 12.7. The Morgan fingerprint density at radius 2 is 1.97 bits per heavy atom. The minimum Gasteiger partial charge on any atom is -0.474 e. The molecule has 1 aliphatic carbocycles. The Kier molecular flexibility index (Phi) is 7.37. The molecule has 0 radical (unpaired) electrons. The fraction of sp³-hybridized carbons (Fsp3) is 0.583. The van der Waals surface area contributed by atoms with Crippen molar-refractivity contribution >= 4 is 11.8 Å². The van der Waals surface area contributed by atoms with E-state index in [4.69, 9.17) is 11.2 Å². The highest BCUT2D eigenvalue weighted by Crippen LogP contribution is 2.30. The predicted molar refractivity (Wildman–Crippen MR) is 120 cm³/mol. The molecular weight excluding hydrogens is 406 g/mol. The Morgan fingerprint density at radius 3 is 2.53 bits per heavy atom. The Hall–Kier alpha value is -3.10. The van der Waals surface area contributed by atoms with E-state index in [1.807, 2.05) is 0 Å². The number of likely N-dealkylation sites (tertiary alicyclic amines) is 1. The average Bonchev–Trinajstić information content (AvgIpc) is 3.22. The highest BCUT2D eigenvalue weighted by Gasteiger charge is 2.37. The van der Waals surface area contributed by atoms with E-state index in [1.165, 1.54) is 11.1 Å². The van der Waals surface area contributed by atoms with Crippen LogP contribution in [0, 0.1) is 23.7 Å². The lowest BCUT2D eigenvalue weighted by Crippen LogP contribution is -2.52. The molecule has 8 nitrogen and oxygen atoms in total. The maximum Gasteiger partial charge on any atom is 0.254 e. The summed E-state index contributed by atoms with van der Waals surface area (Å²) in [6.07, 6.45) is 11.8. The van der Waals surface area contributed by atoms with Crippen LogP contribution >= 0.6 is 0 Å². The molecule has 1 saturated heterocycles. The van der Waals surface area contributed by atoms with Gasteiger partial charge in [0.1, 0.15) is 12.1 Å². The summed E-state index contributed by atoms with van der Waals surface area (Å²) in [4.78, 5) is 32.0. The number of rotatable bonds is 6. The van der Waals surface area contributed by atoms with Gasteiger partial charge in [-0.15, -0.1) is 6.42 Å². The zero-order valence-corrected chi connectivity index (χ0v) is 19.0. The molecule has 2 aliphatic rings. The monoisotopic (exact) mass is 437 g/mol. The summed E-state index contributed by atoms with van der Waals surface area (Å²) in [7, 11) is 3.40. The van der Waals surface area contributed by atoms with E-state index < -0.39 is 6.04 Å². The quantitative estimate of drug-likeness (QED) is 0.684. The molecule has 32 heavy (non-hydrogen) atoms. The van der Waals surface area contributed by atoms with Crippen LogP contribution in [0.25, 0.3) is 0 Å². The molecule has 2 atom stereocenters. The lowest BCUT2D eigenvalue weighted by Gasteiger charge is -2.38. The molecule has 0 spiro atoms. The summed E-state index contributed by atoms with van der Waals surface area (Å²) in [6.45, 7) is 2.28. The highest BCUT2D eigenvalue weighted by atomic mass is 16.5. The molecular formula is C24H31N5O3. The zero-order chi connectivity index (χ0) is 23.3. The van der Waals surface area contributed by atoms with Gasteiger partial charge in [-0.2, -0.15) is 5.26 Å². The van der Waals surface area contributed by atoms with Crippen molar-refractivity contribution in [1.29, 1.82) is 5.26 Å². The second kappa shape index (κ2) is 10.0. The minimum atomic E-state index is -0.436. The fourth-order valence-electron chi connectivity index (χ4n) is 4.36. The van der Waals surface area contributed by atoms with Crippen molar-refractivity contribution in [2.75, 3.05) is 20.6 Å². The van der Waals surface area contributed by atoms with Crippen LogP contribution in [-0.2, 0) is 4.79 Å². The van der Waals surface area contributed by atoms with E-state index in [0.29, 0.717) is 24.3 Å². The van der Waals surface area contributed by atoms with Gasteiger partial charge < -0.3 is 19.9 Å². The van der Waals surface area contributed by atoms with Crippen LogP contribution in [0.1, 0.15) is 55.8 Å². The number of pyridine rings is 1. The summed E-state index contributed by atoms with van der Waals surface area (Å²) in [5.41, 5.74) is 0.342. The van der Waals surface area contributed by atoms with Gasteiger partial charge in [-0.25, -0.2) is 4.98 Å². The van der Waals surface area contributed by atoms with E-state index in [-0.39, 0.29) is 36.0 Å². The van der Waals surface area contributed by atoms with Crippen LogP contribution < -0.4 is 10.1 Å². The van der Waals surface area contributed by atoms with E-state index in [0.717, 1.165) is 25.7 Å². The number of carbonyl (C=O) groups is 2. The number of carbonyl (C=O) groups excluding carboxylic acids is 2. The normalized spacial score (nSPS) is 27.3. The van der Waals surface area contributed by atoms with Crippen molar-refractivity contribution < 1.29 is 14.3 Å². The van der Waals surface area contributed by atoms with Crippen molar-refractivity contribution in [3.05, 3.63) is 23.9 Å². The van der Waals surface area contributed by atoms with E-state index >= 15 is 0 Å². The summed E-state index contributed by atoms with van der Waals surface area (Å²) in [6, 6.07) is 4.91. The molecule has 3 rings (SSSR count). The second-order valence-electron chi connectivity index (χ2n) is 9.02. The van der Waals surface area contributed by atoms with Gasteiger partial charge in [0, 0.05) is 31.9 Å². The Morgan fingerprint density at radius 1 is 1.28 bits per heavy atom. The molecule has 1 aliphatic heterocycles. The smallest absolute Gasteiger partial charge is 0.254 e. The van der Waals surface area contributed by atoms with E-state index in [2.05, 4.69) is 29.2 Å². The lowest BCUT2D eigenvalue weighted by molar-refractivity contribution is -0.131. The lowest BCUT2D eigenvalue weighted by atomic mass is 9.82. The largest absolute Gasteiger partial charge is 0.474 e. The third kappa shape index (κ3) is 5.38. The molecule has 1 aromatic heterocycles.